The second-order valence-corrected chi connectivity index (χ2v) is 5.47. The highest BCUT2D eigenvalue weighted by Crippen LogP contribution is 2.25. The van der Waals surface area contributed by atoms with Gasteiger partial charge in [0.25, 0.3) is 5.91 Å². The zero-order chi connectivity index (χ0) is 16.7. The zero-order valence-corrected chi connectivity index (χ0v) is 13.6. The van der Waals surface area contributed by atoms with Crippen LogP contribution in [-0.2, 0) is 0 Å². The van der Waals surface area contributed by atoms with Gasteiger partial charge in [-0.25, -0.2) is 4.79 Å². The van der Waals surface area contributed by atoms with Crippen LogP contribution in [0.15, 0.2) is 48.5 Å². The van der Waals surface area contributed by atoms with Crippen LogP contribution >= 0.6 is 23.2 Å². The van der Waals surface area contributed by atoms with Crippen LogP contribution in [0.2, 0.25) is 10.0 Å². The number of carbonyl (C=O) groups is 2. The molecule has 0 spiro atoms. The van der Waals surface area contributed by atoms with Crippen LogP contribution in [0.25, 0.3) is 0 Å². The minimum absolute atomic E-state index is 0.189. The first-order valence-electron chi connectivity index (χ1n) is 6.89. The van der Waals surface area contributed by atoms with Crippen LogP contribution in [0, 0.1) is 0 Å². The van der Waals surface area contributed by atoms with Crippen molar-refractivity contribution in [1.29, 1.82) is 0 Å². The standard InChI is InChI=1S/C16H15Cl2N3O2/c17-12-6-7-13(18)14(10-12)21-16(23)20-9-8-19-15(22)11-4-2-1-3-5-11/h1-7,10H,8-9H2,(H,19,22)(H2,20,21,23). The Morgan fingerprint density at radius 3 is 2.35 bits per heavy atom. The second-order valence-electron chi connectivity index (χ2n) is 4.63. The Balaban J connectivity index is 1.73. The van der Waals surface area contributed by atoms with E-state index in [0.29, 0.717) is 27.8 Å². The number of anilines is 1. The van der Waals surface area contributed by atoms with E-state index in [0.717, 1.165) is 0 Å². The van der Waals surface area contributed by atoms with Crippen molar-refractivity contribution in [2.75, 3.05) is 18.4 Å². The molecule has 7 heteroatoms. The van der Waals surface area contributed by atoms with Gasteiger partial charge in [0.15, 0.2) is 0 Å². The fraction of sp³-hybridized carbons (Fsp3) is 0.125. The molecule has 120 valence electrons. The molecule has 3 N–H and O–H groups in total. The molecular formula is C16H15Cl2N3O2. The molecule has 0 fully saturated rings. The van der Waals surface area contributed by atoms with E-state index in [9.17, 15) is 9.59 Å². The molecule has 0 aliphatic rings. The number of hydrogen-bond acceptors (Lipinski definition) is 2. The maximum absolute atomic E-state index is 11.8. The second kappa shape index (κ2) is 8.41. The number of urea groups is 1. The predicted molar refractivity (Wildman–Crippen MR) is 92.3 cm³/mol. The largest absolute Gasteiger partial charge is 0.350 e. The summed E-state index contributed by atoms with van der Waals surface area (Å²) < 4.78 is 0. The highest BCUT2D eigenvalue weighted by Gasteiger charge is 2.07. The van der Waals surface area contributed by atoms with Crippen LogP contribution in [-0.4, -0.2) is 25.0 Å². The molecule has 0 aliphatic carbocycles. The minimum Gasteiger partial charge on any atom is -0.350 e. The van der Waals surface area contributed by atoms with Gasteiger partial charge < -0.3 is 16.0 Å². The molecule has 2 aromatic rings. The van der Waals surface area contributed by atoms with Crippen LogP contribution in [0.1, 0.15) is 10.4 Å². The van der Waals surface area contributed by atoms with Gasteiger partial charge in [-0.2, -0.15) is 0 Å². The third-order valence-electron chi connectivity index (χ3n) is 2.91. The summed E-state index contributed by atoms with van der Waals surface area (Å²) in [6, 6.07) is 13.2. The maximum Gasteiger partial charge on any atom is 0.319 e. The van der Waals surface area contributed by atoms with E-state index < -0.39 is 6.03 Å². The van der Waals surface area contributed by atoms with Gasteiger partial charge in [-0.15, -0.1) is 0 Å². The zero-order valence-electron chi connectivity index (χ0n) is 12.1. The van der Waals surface area contributed by atoms with Crippen molar-refractivity contribution < 1.29 is 9.59 Å². The van der Waals surface area contributed by atoms with Crippen molar-refractivity contribution in [3.8, 4) is 0 Å². The lowest BCUT2D eigenvalue weighted by atomic mass is 10.2. The molecule has 2 rings (SSSR count). The Bertz CT molecular complexity index is 693. The molecule has 3 amide bonds. The fourth-order valence-electron chi connectivity index (χ4n) is 1.80. The number of halogens is 2. The van der Waals surface area contributed by atoms with Crippen molar-refractivity contribution in [2.45, 2.75) is 0 Å². The van der Waals surface area contributed by atoms with E-state index in [1.54, 1.807) is 42.5 Å². The summed E-state index contributed by atoms with van der Waals surface area (Å²) in [5.41, 5.74) is 0.993. The third kappa shape index (κ3) is 5.47. The number of amides is 3. The lowest BCUT2D eigenvalue weighted by molar-refractivity contribution is 0.0954. The van der Waals surface area contributed by atoms with Gasteiger partial charge in [0.1, 0.15) is 0 Å². The van der Waals surface area contributed by atoms with Gasteiger partial charge in [0, 0.05) is 23.7 Å². The highest BCUT2D eigenvalue weighted by atomic mass is 35.5. The number of nitrogens with one attached hydrogen (secondary N) is 3. The Kier molecular flexibility index (Phi) is 6.26. The van der Waals surface area contributed by atoms with E-state index in [1.807, 2.05) is 6.07 Å². The maximum atomic E-state index is 11.8. The first-order chi connectivity index (χ1) is 11.1. The molecule has 0 aliphatic heterocycles. The lowest BCUT2D eigenvalue weighted by Gasteiger charge is -2.10. The SMILES string of the molecule is O=C(NCCNC(=O)c1ccccc1)Nc1cc(Cl)ccc1Cl. The Hall–Kier alpha value is -2.24. The smallest absolute Gasteiger partial charge is 0.319 e. The first kappa shape index (κ1) is 17.1. The molecule has 0 saturated carbocycles. The van der Waals surface area contributed by atoms with Gasteiger partial charge in [0.2, 0.25) is 0 Å². The summed E-state index contributed by atoms with van der Waals surface area (Å²) in [7, 11) is 0. The molecule has 0 saturated heterocycles. The number of rotatable bonds is 5. The van der Waals surface area contributed by atoms with Crippen molar-refractivity contribution in [2.24, 2.45) is 0 Å². The lowest BCUT2D eigenvalue weighted by Crippen LogP contribution is -2.36. The normalized spacial score (nSPS) is 10.0. The van der Waals surface area contributed by atoms with E-state index in [-0.39, 0.29) is 12.5 Å². The number of carbonyl (C=O) groups excluding carboxylic acids is 2. The monoisotopic (exact) mass is 351 g/mol. The Morgan fingerprint density at radius 1 is 0.913 bits per heavy atom. The summed E-state index contributed by atoms with van der Waals surface area (Å²) >= 11 is 11.8. The quantitative estimate of drug-likeness (QED) is 0.721. The molecule has 23 heavy (non-hydrogen) atoms. The van der Waals surface area contributed by atoms with Gasteiger partial charge in [-0.1, -0.05) is 41.4 Å². The molecule has 2 aromatic carbocycles. The molecule has 5 nitrogen and oxygen atoms in total. The van der Waals surface area contributed by atoms with Gasteiger partial charge in [0.05, 0.1) is 10.7 Å². The average molecular weight is 352 g/mol. The molecule has 0 aromatic heterocycles. The van der Waals surface area contributed by atoms with Crippen LogP contribution < -0.4 is 16.0 Å². The van der Waals surface area contributed by atoms with Gasteiger partial charge in [-0.05, 0) is 30.3 Å². The summed E-state index contributed by atoms with van der Waals surface area (Å²) in [4.78, 5) is 23.5. The molecule has 0 radical (unpaired) electrons. The summed E-state index contributed by atoms with van der Waals surface area (Å²) in [6.07, 6.45) is 0. The van der Waals surface area contributed by atoms with Gasteiger partial charge >= 0.3 is 6.03 Å². The van der Waals surface area contributed by atoms with Gasteiger partial charge in [-0.3, -0.25) is 4.79 Å². The first-order valence-corrected chi connectivity index (χ1v) is 7.65. The number of benzene rings is 2. The van der Waals surface area contributed by atoms with Crippen molar-refractivity contribution in [3.05, 3.63) is 64.1 Å². The predicted octanol–water partition coefficient (Wildman–Crippen LogP) is 3.54. The van der Waals surface area contributed by atoms with E-state index in [2.05, 4.69) is 16.0 Å². The molecule has 0 unspecified atom stereocenters. The Morgan fingerprint density at radius 2 is 1.61 bits per heavy atom. The van der Waals surface area contributed by atoms with Crippen molar-refractivity contribution >= 4 is 40.8 Å². The summed E-state index contributed by atoms with van der Waals surface area (Å²) in [6.45, 7) is 0.590. The molecular weight excluding hydrogens is 337 g/mol. The Labute approximate surface area is 144 Å². The molecule has 0 atom stereocenters. The molecule has 0 heterocycles. The highest BCUT2D eigenvalue weighted by molar-refractivity contribution is 6.35. The van der Waals surface area contributed by atoms with Crippen molar-refractivity contribution in [3.63, 3.8) is 0 Å². The topological polar surface area (TPSA) is 70.2 Å². The van der Waals surface area contributed by atoms with Crippen LogP contribution in [0.3, 0.4) is 0 Å². The van der Waals surface area contributed by atoms with E-state index >= 15 is 0 Å². The van der Waals surface area contributed by atoms with Crippen LogP contribution in [0.5, 0.6) is 0 Å². The summed E-state index contributed by atoms with van der Waals surface area (Å²) in [5.74, 6) is -0.189. The number of hydrogen-bond donors (Lipinski definition) is 3. The van der Waals surface area contributed by atoms with E-state index in [1.165, 1.54) is 0 Å². The summed E-state index contributed by atoms with van der Waals surface area (Å²) in [5, 5.41) is 8.78. The fourth-order valence-corrected chi connectivity index (χ4v) is 2.14. The van der Waals surface area contributed by atoms with E-state index in [4.69, 9.17) is 23.2 Å². The average Bonchev–Trinajstić information content (AvgIpc) is 2.55. The minimum atomic E-state index is -0.428. The molecule has 0 bridgehead atoms. The van der Waals surface area contributed by atoms with Crippen molar-refractivity contribution in [1.82, 2.24) is 10.6 Å². The van der Waals surface area contributed by atoms with Crippen LogP contribution in [0.4, 0.5) is 10.5 Å². The third-order valence-corrected chi connectivity index (χ3v) is 3.47.